The average molecular weight is 587 g/mol. The van der Waals surface area contributed by atoms with Crippen LogP contribution in [0, 0.1) is 11.3 Å². The highest BCUT2D eigenvalue weighted by Crippen LogP contribution is 2.51. The Kier molecular flexibility index (Phi) is 7.36. The van der Waals surface area contributed by atoms with Crippen molar-refractivity contribution in [1.82, 2.24) is 24.7 Å². The van der Waals surface area contributed by atoms with Crippen molar-refractivity contribution < 1.29 is 28.2 Å². The van der Waals surface area contributed by atoms with Crippen LogP contribution in [0.5, 0.6) is 0 Å². The second-order valence-corrected chi connectivity index (χ2v) is 12.0. The molecule has 0 saturated heterocycles. The number of aryl methyl sites for hydroxylation is 1. The van der Waals surface area contributed by atoms with Crippen LogP contribution >= 0.6 is 11.3 Å². The van der Waals surface area contributed by atoms with E-state index in [9.17, 15) is 28.2 Å². The number of nitrogens with zero attached hydrogens (tertiary/aromatic N) is 5. The molecular formula is C28H29F3N6O3S. The minimum Gasteiger partial charge on any atom is -0.481 e. The molecule has 216 valence electrons. The number of benzene rings is 1. The molecule has 1 saturated carbocycles. The van der Waals surface area contributed by atoms with E-state index in [1.54, 1.807) is 29.2 Å². The molecular weight excluding hydrogens is 557 g/mol. The van der Waals surface area contributed by atoms with Gasteiger partial charge in [-0.1, -0.05) is 13.8 Å². The molecule has 41 heavy (non-hydrogen) atoms. The number of halogens is 3. The van der Waals surface area contributed by atoms with Crippen molar-refractivity contribution in [3.63, 3.8) is 0 Å². The summed E-state index contributed by atoms with van der Waals surface area (Å²) < 4.78 is 41.4. The van der Waals surface area contributed by atoms with Crippen LogP contribution in [0.3, 0.4) is 0 Å². The van der Waals surface area contributed by atoms with E-state index in [4.69, 9.17) is 0 Å². The Bertz CT molecular complexity index is 1580. The van der Waals surface area contributed by atoms with Gasteiger partial charge in [-0.05, 0) is 67.0 Å². The van der Waals surface area contributed by atoms with Crippen LogP contribution in [0.1, 0.15) is 50.7 Å². The monoisotopic (exact) mass is 586 g/mol. The van der Waals surface area contributed by atoms with Crippen LogP contribution in [0.15, 0.2) is 49.1 Å². The quantitative estimate of drug-likeness (QED) is 0.229. The van der Waals surface area contributed by atoms with E-state index in [-0.39, 0.29) is 18.8 Å². The largest absolute Gasteiger partial charge is 0.481 e. The molecule has 13 heteroatoms. The second-order valence-electron chi connectivity index (χ2n) is 10.9. The number of alkyl halides is 3. The third kappa shape index (κ3) is 5.96. The summed E-state index contributed by atoms with van der Waals surface area (Å²) >= 11 is 1.30. The molecule has 1 aliphatic rings. The highest BCUT2D eigenvalue weighted by molar-refractivity contribution is 7.15. The Balaban J connectivity index is 1.51. The molecule has 0 spiro atoms. The van der Waals surface area contributed by atoms with Gasteiger partial charge in [-0.25, -0.2) is 15.0 Å². The Hall–Kier alpha value is -3.84. The second kappa shape index (κ2) is 10.5. The van der Waals surface area contributed by atoms with Gasteiger partial charge in [0.25, 0.3) is 0 Å². The fourth-order valence-corrected chi connectivity index (χ4v) is 6.42. The summed E-state index contributed by atoms with van der Waals surface area (Å²) in [6, 6.07) is 6.25. The van der Waals surface area contributed by atoms with Crippen LogP contribution in [0.4, 0.5) is 24.8 Å². The molecule has 1 fully saturated rings. The standard InChI is InChI=1S/C28H29F3N6O3S/c1-4-37-14-18(12-34-37)16-9-17(11-19(10-16)35-25-32-8-6-22(36-25)28(29,30)31)21-13-33-24(41-21)27(40)7-5-20(23(38)39)26(2,3)15-27/h6,8-14,20,40H,4-5,7,15H2,1-3H3,(H,38,39)(H,32,35,36)/t20-,27+/m0/s1. The zero-order valence-corrected chi connectivity index (χ0v) is 23.4. The Morgan fingerprint density at radius 1 is 1.17 bits per heavy atom. The first kappa shape index (κ1) is 28.7. The first-order valence-electron chi connectivity index (χ1n) is 13.0. The minimum absolute atomic E-state index is 0.205. The molecule has 0 aliphatic heterocycles. The number of aliphatic hydroxyl groups is 1. The predicted molar refractivity (Wildman–Crippen MR) is 147 cm³/mol. The summed E-state index contributed by atoms with van der Waals surface area (Å²) in [7, 11) is 0. The number of carboxylic acids is 1. The fraction of sp³-hybridized carbons (Fsp3) is 0.393. The van der Waals surface area contributed by atoms with Crippen molar-refractivity contribution in [1.29, 1.82) is 0 Å². The van der Waals surface area contributed by atoms with E-state index in [0.29, 0.717) is 29.2 Å². The maximum atomic E-state index is 13.2. The zero-order valence-electron chi connectivity index (χ0n) is 22.6. The maximum absolute atomic E-state index is 13.2. The van der Waals surface area contributed by atoms with Crippen LogP contribution in [0.25, 0.3) is 21.6 Å². The molecule has 2 atom stereocenters. The van der Waals surface area contributed by atoms with Gasteiger partial charge in [0.05, 0.1) is 17.0 Å². The number of aliphatic carboxylic acids is 1. The average Bonchev–Trinajstić information content (AvgIpc) is 3.58. The van der Waals surface area contributed by atoms with Crippen molar-refractivity contribution >= 4 is 28.9 Å². The molecule has 3 heterocycles. The van der Waals surface area contributed by atoms with Gasteiger partial charge in [-0.15, -0.1) is 11.3 Å². The van der Waals surface area contributed by atoms with E-state index in [2.05, 4.69) is 25.4 Å². The number of rotatable bonds is 7. The molecule has 3 aromatic heterocycles. The van der Waals surface area contributed by atoms with E-state index in [1.807, 2.05) is 33.0 Å². The van der Waals surface area contributed by atoms with Gasteiger partial charge >= 0.3 is 12.1 Å². The van der Waals surface area contributed by atoms with Gasteiger partial charge in [0.2, 0.25) is 5.95 Å². The van der Waals surface area contributed by atoms with Crippen LogP contribution in [-0.4, -0.2) is 40.9 Å². The SMILES string of the molecule is CCn1cc(-c2cc(Nc3nccc(C(F)(F)F)n3)cc(-c3cnc([C@@]4(O)CC[C@@H](C(=O)O)C(C)(C)C4)s3)c2)cn1. The molecule has 1 aliphatic carbocycles. The highest BCUT2D eigenvalue weighted by atomic mass is 32.1. The van der Waals surface area contributed by atoms with Crippen molar-refractivity contribution in [2.75, 3.05) is 5.32 Å². The van der Waals surface area contributed by atoms with Crippen molar-refractivity contribution in [2.45, 2.75) is 58.4 Å². The fourth-order valence-electron chi connectivity index (χ4n) is 5.40. The predicted octanol–water partition coefficient (Wildman–Crippen LogP) is 6.34. The number of thiazole rings is 1. The van der Waals surface area contributed by atoms with E-state index < -0.39 is 34.8 Å². The summed E-state index contributed by atoms with van der Waals surface area (Å²) in [4.78, 5) is 24.6. The number of anilines is 2. The molecule has 0 radical (unpaired) electrons. The Morgan fingerprint density at radius 3 is 2.59 bits per heavy atom. The van der Waals surface area contributed by atoms with Gasteiger partial charge in [0.15, 0.2) is 0 Å². The summed E-state index contributed by atoms with van der Waals surface area (Å²) in [5.41, 5.74) is -0.231. The molecule has 4 aromatic rings. The molecule has 9 nitrogen and oxygen atoms in total. The Morgan fingerprint density at radius 2 is 1.93 bits per heavy atom. The van der Waals surface area contributed by atoms with Crippen LogP contribution < -0.4 is 5.32 Å². The number of nitrogens with one attached hydrogen (secondary N) is 1. The summed E-state index contributed by atoms with van der Waals surface area (Å²) in [6.45, 7) is 6.31. The van der Waals surface area contributed by atoms with Crippen LogP contribution in [-0.2, 0) is 23.1 Å². The lowest BCUT2D eigenvalue weighted by atomic mass is 9.63. The third-order valence-electron chi connectivity index (χ3n) is 7.45. The number of carboxylic acid groups (broad SMARTS) is 1. The normalized spacial score (nSPS) is 20.6. The lowest BCUT2D eigenvalue weighted by Crippen LogP contribution is -2.44. The van der Waals surface area contributed by atoms with Crippen LogP contribution in [0.2, 0.25) is 0 Å². The molecule has 0 unspecified atom stereocenters. The zero-order chi connectivity index (χ0) is 29.6. The van der Waals surface area contributed by atoms with E-state index in [0.717, 1.165) is 28.3 Å². The number of aromatic nitrogens is 5. The maximum Gasteiger partial charge on any atom is 0.433 e. The smallest absolute Gasteiger partial charge is 0.433 e. The summed E-state index contributed by atoms with van der Waals surface area (Å²) in [5.74, 6) is -1.64. The summed E-state index contributed by atoms with van der Waals surface area (Å²) in [6.07, 6.45) is 2.51. The first-order valence-corrected chi connectivity index (χ1v) is 13.9. The highest BCUT2D eigenvalue weighted by Gasteiger charge is 2.49. The van der Waals surface area contributed by atoms with Crippen molar-refractivity contribution in [3.8, 4) is 21.6 Å². The first-order chi connectivity index (χ1) is 19.3. The third-order valence-corrected chi connectivity index (χ3v) is 8.69. The Labute approximate surface area is 238 Å². The van der Waals surface area contributed by atoms with Crippen molar-refractivity contribution in [2.24, 2.45) is 11.3 Å². The molecule has 0 amide bonds. The number of hydrogen-bond donors (Lipinski definition) is 3. The topological polar surface area (TPSA) is 126 Å². The number of hydrogen-bond acceptors (Lipinski definition) is 8. The molecule has 1 aromatic carbocycles. The minimum atomic E-state index is -4.61. The molecule has 5 rings (SSSR count). The van der Waals surface area contributed by atoms with Gasteiger partial charge in [0, 0.05) is 36.4 Å². The molecule has 3 N–H and O–H groups in total. The van der Waals surface area contributed by atoms with Crippen molar-refractivity contribution in [3.05, 3.63) is 59.8 Å². The van der Waals surface area contributed by atoms with E-state index >= 15 is 0 Å². The molecule has 0 bridgehead atoms. The van der Waals surface area contributed by atoms with Gasteiger partial charge in [0.1, 0.15) is 16.3 Å². The van der Waals surface area contributed by atoms with Gasteiger partial charge in [-0.2, -0.15) is 18.3 Å². The van der Waals surface area contributed by atoms with Gasteiger partial charge < -0.3 is 15.5 Å². The lowest BCUT2D eigenvalue weighted by Gasteiger charge is -2.44. The van der Waals surface area contributed by atoms with Gasteiger partial charge in [-0.3, -0.25) is 9.48 Å². The number of carbonyl (C=O) groups is 1. The summed E-state index contributed by atoms with van der Waals surface area (Å²) in [5, 5.41) is 28.9. The lowest BCUT2D eigenvalue weighted by molar-refractivity contribution is -0.154. The van der Waals surface area contributed by atoms with E-state index in [1.165, 1.54) is 11.3 Å².